The number of nitrogens with one attached hydrogen (secondary N) is 3. The van der Waals surface area contributed by atoms with E-state index in [1.165, 1.54) is 6.07 Å². The van der Waals surface area contributed by atoms with E-state index in [9.17, 15) is 22.8 Å². The van der Waals surface area contributed by atoms with Gasteiger partial charge in [0, 0.05) is 23.4 Å². The number of benzene rings is 2. The average molecular weight is 577 g/mol. The molecule has 4 rings (SSSR count). The van der Waals surface area contributed by atoms with Gasteiger partial charge in [-0.2, -0.15) is 0 Å². The summed E-state index contributed by atoms with van der Waals surface area (Å²) in [5, 5.41) is 6.10. The molecular weight excluding hydrogens is 547 g/mol. The first-order valence-electron chi connectivity index (χ1n) is 12.5. The number of nitrogens with zero attached hydrogens (tertiary/aromatic N) is 1. The lowest BCUT2D eigenvalue weighted by molar-refractivity contribution is -0.126. The summed E-state index contributed by atoms with van der Waals surface area (Å²) in [5.74, 6) is -2.07. The van der Waals surface area contributed by atoms with Crippen LogP contribution in [0.25, 0.3) is 21.3 Å². The molecule has 3 N–H and O–H groups in total. The molecule has 0 spiro atoms. The highest BCUT2D eigenvalue weighted by atomic mass is 32.2. The van der Waals surface area contributed by atoms with Crippen LogP contribution >= 0.6 is 11.3 Å². The van der Waals surface area contributed by atoms with E-state index in [1.54, 1.807) is 44.2 Å². The van der Waals surface area contributed by atoms with Crippen molar-refractivity contribution in [3.63, 3.8) is 0 Å². The minimum absolute atomic E-state index is 0.00378. The van der Waals surface area contributed by atoms with Crippen LogP contribution in [0.1, 0.15) is 43.4 Å². The molecule has 0 bridgehead atoms. The second-order valence-electron chi connectivity index (χ2n) is 9.08. The molecular formula is C26H29FN4O6S2. The fraction of sp³-hybridized carbons (Fsp3) is 0.385. The number of hydrogen-bond donors (Lipinski definition) is 3. The number of carbonyl (C=O) groups excluding carboxylic acids is 3. The number of hydrogen-bond acceptors (Lipinski definition) is 8. The van der Waals surface area contributed by atoms with Crippen LogP contribution in [0.5, 0.6) is 0 Å². The third-order valence-corrected chi connectivity index (χ3v) is 9.25. The number of thiazole rings is 1. The Labute approximate surface area is 229 Å². The highest BCUT2D eigenvalue weighted by molar-refractivity contribution is 7.92. The van der Waals surface area contributed by atoms with E-state index in [1.807, 2.05) is 0 Å². The molecule has 0 radical (unpaired) electrons. The predicted octanol–water partition coefficient (Wildman–Crippen LogP) is 3.93. The minimum atomic E-state index is -3.96. The molecule has 0 aliphatic heterocycles. The quantitative estimate of drug-likeness (QED) is 0.314. The molecule has 1 aromatic heterocycles. The lowest BCUT2D eigenvalue weighted by Gasteiger charge is -2.15. The van der Waals surface area contributed by atoms with Gasteiger partial charge in [0.2, 0.25) is 11.8 Å². The van der Waals surface area contributed by atoms with E-state index in [2.05, 4.69) is 20.9 Å². The molecule has 0 saturated heterocycles. The van der Waals surface area contributed by atoms with Crippen LogP contribution in [0, 0.1) is 5.82 Å². The summed E-state index contributed by atoms with van der Waals surface area (Å²) < 4.78 is 46.6. The smallest absolute Gasteiger partial charge is 0.411 e. The minimum Gasteiger partial charge on any atom is -0.450 e. The van der Waals surface area contributed by atoms with E-state index < -0.39 is 38.8 Å². The number of anilines is 1. The van der Waals surface area contributed by atoms with Crippen molar-refractivity contribution in [3.8, 4) is 11.1 Å². The van der Waals surface area contributed by atoms with Crippen LogP contribution < -0.4 is 16.0 Å². The van der Waals surface area contributed by atoms with Crippen molar-refractivity contribution >= 4 is 55.0 Å². The van der Waals surface area contributed by atoms with Gasteiger partial charge in [-0.25, -0.2) is 22.6 Å². The zero-order chi connectivity index (χ0) is 28.2. The van der Waals surface area contributed by atoms with Crippen molar-refractivity contribution in [1.29, 1.82) is 0 Å². The molecule has 3 aromatic rings. The molecule has 2 aromatic carbocycles. The lowest BCUT2D eigenvalue weighted by atomic mass is 10.0. The van der Waals surface area contributed by atoms with Crippen LogP contribution in [-0.4, -0.2) is 56.3 Å². The number of aromatic nitrogens is 1. The Morgan fingerprint density at radius 3 is 2.51 bits per heavy atom. The first-order chi connectivity index (χ1) is 18.6. The Bertz CT molecular complexity index is 1490. The Hall–Kier alpha value is -3.58. The van der Waals surface area contributed by atoms with Gasteiger partial charge in [0.15, 0.2) is 15.1 Å². The maximum atomic E-state index is 15.1. The first kappa shape index (κ1) is 28.4. The van der Waals surface area contributed by atoms with Gasteiger partial charge >= 0.3 is 6.09 Å². The second kappa shape index (κ2) is 12.1. The summed E-state index contributed by atoms with van der Waals surface area (Å²) >= 11 is 0.984. The molecule has 1 saturated carbocycles. The standard InChI is InChI=1S/C26H29FN4O6S2/c1-3-11-39(35,36)23(24(33)28-14-22(32)29-16-9-10-16)25-31-20-13-19(27)18(12-21(20)38-25)15-5-7-17(8-6-15)30-26(34)37-4-2/h5-8,12-13,16,23H,3-4,9-11,14H2,1-2H3,(H,28,33)(H,29,32)(H,30,34). The van der Waals surface area contributed by atoms with E-state index in [-0.39, 0.29) is 41.0 Å². The summed E-state index contributed by atoms with van der Waals surface area (Å²) in [6.45, 7) is 3.25. The largest absolute Gasteiger partial charge is 0.450 e. The fourth-order valence-electron chi connectivity index (χ4n) is 3.92. The Morgan fingerprint density at radius 2 is 1.87 bits per heavy atom. The number of amides is 3. The number of halogens is 1. The molecule has 1 aliphatic rings. The van der Waals surface area contributed by atoms with Gasteiger partial charge in [0.05, 0.1) is 29.1 Å². The van der Waals surface area contributed by atoms with E-state index >= 15 is 4.39 Å². The monoisotopic (exact) mass is 576 g/mol. The summed E-state index contributed by atoms with van der Waals surface area (Å²) in [6.07, 6.45) is 1.45. The molecule has 1 unspecified atom stereocenters. The SMILES string of the molecule is CCCS(=O)(=O)C(C(=O)NCC(=O)NC1CC1)c1nc2cc(F)c(-c3ccc(NC(=O)OCC)cc3)cc2s1. The number of ether oxygens (including phenoxy) is 1. The molecule has 10 nitrogen and oxygen atoms in total. The summed E-state index contributed by atoms with van der Waals surface area (Å²) in [4.78, 5) is 41.0. The van der Waals surface area contributed by atoms with Crippen molar-refractivity contribution in [3.05, 3.63) is 47.2 Å². The zero-order valence-electron chi connectivity index (χ0n) is 21.5. The van der Waals surface area contributed by atoms with Crippen LogP contribution in [0.15, 0.2) is 36.4 Å². The van der Waals surface area contributed by atoms with E-state index in [0.717, 1.165) is 24.2 Å². The fourth-order valence-corrected chi connectivity index (χ4v) is 7.04. The van der Waals surface area contributed by atoms with E-state index in [4.69, 9.17) is 4.74 Å². The number of carbonyl (C=O) groups is 3. The average Bonchev–Trinajstić information content (AvgIpc) is 3.60. The summed E-state index contributed by atoms with van der Waals surface area (Å²) in [7, 11) is -3.96. The van der Waals surface area contributed by atoms with E-state index in [0.29, 0.717) is 22.4 Å². The van der Waals surface area contributed by atoms with Gasteiger partial charge in [0.25, 0.3) is 0 Å². The van der Waals surface area contributed by atoms with Crippen LogP contribution in [0.4, 0.5) is 14.9 Å². The Morgan fingerprint density at radius 1 is 1.15 bits per heavy atom. The number of rotatable bonds is 11. The topological polar surface area (TPSA) is 144 Å². The van der Waals surface area contributed by atoms with Gasteiger partial charge in [-0.15, -0.1) is 11.3 Å². The van der Waals surface area contributed by atoms with Gasteiger partial charge in [-0.1, -0.05) is 19.1 Å². The molecule has 1 aliphatic carbocycles. The molecule has 39 heavy (non-hydrogen) atoms. The second-order valence-corrected chi connectivity index (χ2v) is 12.3. The van der Waals surface area contributed by atoms with Crippen molar-refractivity contribution in [1.82, 2.24) is 15.6 Å². The molecule has 13 heteroatoms. The molecule has 1 fully saturated rings. The summed E-state index contributed by atoms with van der Waals surface area (Å²) in [6, 6.07) is 9.30. The lowest BCUT2D eigenvalue weighted by Crippen LogP contribution is -2.41. The third kappa shape index (κ3) is 7.09. The maximum absolute atomic E-state index is 15.1. The Balaban J connectivity index is 1.60. The van der Waals surface area contributed by atoms with Crippen molar-refractivity contribution < 1.29 is 31.9 Å². The highest BCUT2D eigenvalue weighted by Gasteiger charge is 2.37. The molecule has 3 amide bonds. The normalized spacial score (nSPS) is 14.0. The number of fused-ring (bicyclic) bond motifs is 1. The van der Waals surface area contributed by atoms with Gasteiger partial charge in [-0.05, 0) is 49.9 Å². The summed E-state index contributed by atoms with van der Waals surface area (Å²) in [5.41, 5.74) is 1.45. The predicted molar refractivity (Wildman–Crippen MR) is 147 cm³/mol. The van der Waals surface area contributed by atoms with Crippen LogP contribution in [0.2, 0.25) is 0 Å². The molecule has 208 valence electrons. The van der Waals surface area contributed by atoms with Crippen LogP contribution in [-0.2, 0) is 24.2 Å². The maximum Gasteiger partial charge on any atom is 0.411 e. The molecule has 1 atom stereocenters. The van der Waals surface area contributed by atoms with Gasteiger partial charge < -0.3 is 15.4 Å². The zero-order valence-corrected chi connectivity index (χ0v) is 23.1. The first-order valence-corrected chi connectivity index (χ1v) is 15.1. The van der Waals surface area contributed by atoms with Crippen molar-refractivity contribution in [2.75, 3.05) is 24.2 Å². The van der Waals surface area contributed by atoms with Crippen molar-refractivity contribution in [2.45, 2.75) is 44.4 Å². The Kier molecular flexibility index (Phi) is 8.80. The van der Waals surface area contributed by atoms with Gasteiger partial charge in [-0.3, -0.25) is 14.9 Å². The van der Waals surface area contributed by atoms with Crippen molar-refractivity contribution in [2.24, 2.45) is 0 Å². The third-order valence-electron chi connectivity index (χ3n) is 5.89. The molecule has 1 heterocycles. The highest BCUT2D eigenvalue weighted by Crippen LogP contribution is 2.36. The van der Waals surface area contributed by atoms with Crippen LogP contribution in [0.3, 0.4) is 0 Å². The van der Waals surface area contributed by atoms with Gasteiger partial charge in [0.1, 0.15) is 10.8 Å². The number of sulfone groups is 1.